The third kappa shape index (κ3) is 5.63. The van der Waals surface area contributed by atoms with E-state index in [1.807, 2.05) is 24.7 Å². The lowest BCUT2D eigenvalue weighted by molar-refractivity contribution is 0.609. The van der Waals surface area contributed by atoms with Crippen LogP contribution < -0.4 is 10.6 Å². The van der Waals surface area contributed by atoms with E-state index < -0.39 is 0 Å². The number of aryl methyl sites for hydroxylation is 2. The zero-order valence-electron chi connectivity index (χ0n) is 15.7. The quantitative estimate of drug-likeness (QED) is 0.371. The zero-order chi connectivity index (χ0) is 17.6. The lowest BCUT2D eigenvalue weighted by atomic mass is 10.2. The van der Waals surface area contributed by atoms with Gasteiger partial charge in [0, 0.05) is 24.2 Å². The Morgan fingerprint density at radius 2 is 2.12 bits per heavy atom. The van der Waals surface area contributed by atoms with Crippen LogP contribution in [0.4, 0.5) is 0 Å². The van der Waals surface area contributed by atoms with Gasteiger partial charge < -0.3 is 15.2 Å². The topological polar surface area (TPSA) is 80.0 Å². The molecule has 3 rings (SSSR count). The number of rotatable bonds is 6. The van der Waals surface area contributed by atoms with E-state index in [0.717, 1.165) is 29.0 Å². The van der Waals surface area contributed by atoms with Gasteiger partial charge in [-0.1, -0.05) is 19.8 Å². The molecule has 0 unspecified atom stereocenters. The molecule has 1 aliphatic carbocycles. The van der Waals surface area contributed by atoms with Crippen LogP contribution in [0, 0.1) is 6.92 Å². The number of nitrogens with zero attached hydrogens (tertiary/aromatic N) is 5. The maximum Gasteiger partial charge on any atom is 0.192 e. The molecule has 7 nitrogen and oxygen atoms in total. The number of hydrogen-bond acceptors (Lipinski definition) is 5. The van der Waals surface area contributed by atoms with Crippen molar-refractivity contribution < 1.29 is 0 Å². The van der Waals surface area contributed by atoms with Crippen LogP contribution in [0.3, 0.4) is 0 Å². The molecule has 2 aromatic rings. The fourth-order valence-corrected chi connectivity index (χ4v) is 3.71. The Bertz CT molecular complexity index is 719. The third-order valence-corrected chi connectivity index (χ3v) is 5.76. The molecule has 0 spiro atoms. The second-order valence-electron chi connectivity index (χ2n) is 6.44. The number of guanidine groups is 1. The van der Waals surface area contributed by atoms with Crippen molar-refractivity contribution in [1.82, 2.24) is 30.4 Å². The Morgan fingerprint density at radius 1 is 1.35 bits per heavy atom. The van der Waals surface area contributed by atoms with E-state index in [0.29, 0.717) is 19.1 Å². The van der Waals surface area contributed by atoms with Crippen molar-refractivity contribution in [1.29, 1.82) is 0 Å². The number of halogens is 1. The molecular formula is C17H28IN7S. The molecule has 1 fully saturated rings. The third-order valence-electron chi connectivity index (χ3n) is 4.61. The largest absolute Gasteiger partial charge is 0.354 e. The average Bonchev–Trinajstić information content (AvgIpc) is 3.35. The molecule has 0 bridgehead atoms. The molecule has 2 heterocycles. The Morgan fingerprint density at radius 3 is 2.73 bits per heavy atom. The van der Waals surface area contributed by atoms with Crippen molar-refractivity contribution in [3.8, 4) is 0 Å². The first-order chi connectivity index (χ1) is 12.2. The first kappa shape index (κ1) is 21.1. The predicted octanol–water partition coefficient (Wildman–Crippen LogP) is 2.94. The molecule has 26 heavy (non-hydrogen) atoms. The van der Waals surface area contributed by atoms with E-state index in [1.165, 1.54) is 30.6 Å². The summed E-state index contributed by atoms with van der Waals surface area (Å²) in [5.41, 5.74) is 0. The number of aliphatic imine (C=N–C) groups is 1. The average molecular weight is 489 g/mol. The lowest BCUT2D eigenvalue weighted by Gasteiger charge is -2.17. The molecule has 144 valence electrons. The van der Waals surface area contributed by atoms with Crippen LogP contribution in [0.1, 0.15) is 54.1 Å². The Hall–Kier alpha value is -1.23. The maximum absolute atomic E-state index is 4.72. The van der Waals surface area contributed by atoms with Gasteiger partial charge in [-0.3, -0.25) is 0 Å². The maximum atomic E-state index is 4.72. The second kappa shape index (κ2) is 10.2. The van der Waals surface area contributed by atoms with Crippen molar-refractivity contribution in [2.24, 2.45) is 12.0 Å². The number of aromatic nitrogens is 4. The van der Waals surface area contributed by atoms with Crippen LogP contribution in [-0.2, 0) is 26.6 Å². The summed E-state index contributed by atoms with van der Waals surface area (Å²) in [7, 11) is 1.97. The molecule has 0 atom stereocenters. The standard InChI is InChI=1S/C17H27N7S.HI/c1-4-14-9-18-16(25-14)11-20-17(21-13-7-5-6-8-13)19-10-15-23-22-12(2)24(15)3;/h9,13H,4-8,10-11H2,1-3H3,(H2,19,20,21);1H. The zero-order valence-corrected chi connectivity index (χ0v) is 18.8. The van der Waals surface area contributed by atoms with Crippen LogP contribution in [0.25, 0.3) is 0 Å². The summed E-state index contributed by atoms with van der Waals surface area (Å²) in [6, 6.07) is 0.509. The van der Waals surface area contributed by atoms with Gasteiger partial charge in [0.05, 0.1) is 6.54 Å². The van der Waals surface area contributed by atoms with Crippen molar-refractivity contribution in [2.45, 2.75) is 65.1 Å². The van der Waals surface area contributed by atoms with Crippen molar-refractivity contribution in [3.63, 3.8) is 0 Å². The second-order valence-corrected chi connectivity index (χ2v) is 7.64. The summed E-state index contributed by atoms with van der Waals surface area (Å²) in [4.78, 5) is 10.5. The summed E-state index contributed by atoms with van der Waals surface area (Å²) < 4.78 is 1.98. The SMILES string of the molecule is CCc1cnc(CNC(=NCc2nnc(C)n2C)NC2CCCC2)s1.I. The van der Waals surface area contributed by atoms with Crippen LogP contribution in [0.2, 0.25) is 0 Å². The lowest BCUT2D eigenvalue weighted by Crippen LogP contribution is -2.42. The molecule has 1 saturated carbocycles. The van der Waals surface area contributed by atoms with E-state index in [-0.39, 0.29) is 24.0 Å². The molecule has 0 saturated heterocycles. The molecule has 2 aromatic heterocycles. The van der Waals surface area contributed by atoms with Crippen molar-refractivity contribution in [2.75, 3.05) is 0 Å². The highest BCUT2D eigenvalue weighted by Crippen LogP contribution is 2.17. The van der Waals surface area contributed by atoms with Crippen LogP contribution in [0.15, 0.2) is 11.2 Å². The Labute approximate surface area is 176 Å². The summed E-state index contributed by atoms with van der Waals surface area (Å²) >= 11 is 1.76. The van der Waals surface area contributed by atoms with Gasteiger partial charge in [0.25, 0.3) is 0 Å². The van der Waals surface area contributed by atoms with Gasteiger partial charge in [-0.15, -0.1) is 45.5 Å². The number of hydrogen-bond donors (Lipinski definition) is 2. The minimum absolute atomic E-state index is 0. The highest BCUT2D eigenvalue weighted by molar-refractivity contribution is 14.0. The van der Waals surface area contributed by atoms with Crippen LogP contribution in [-0.4, -0.2) is 31.7 Å². The van der Waals surface area contributed by atoms with Gasteiger partial charge in [0.2, 0.25) is 0 Å². The molecular weight excluding hydrogens is 461 g/mol. The highest BCUT2D eigenvalue weighted by atomic mass is 127. The van der Waals surface area contributed by atoms with Gasteiger partial charge in [0.15, 0.2) is 11.8 Å². The summed E-state index contributed by atoms with van der Waals surface area (Å²) in [6.45, 7) is 5.31. The molecule has 2 N–H and O–H groups in total. The van der Waals surface area contributed by atoms with Gasteiger partial charge in [-0.05, 0) is 26.2 Å². The van der Waals surface area contributed by atoms with Gasteiger partial charge >= 0.3 is 0 Å². The van der Waals surface area contributed by atoms with Crippen molar-refractivity contribution in [3.05, 3.63) is 27.7 Å². The van der Waals surface area contributed by atoms with E-state index in [2.05, 4.69) is 32.7 Å². The Balaban J connectivity index is 0.00000243. The smallest absolute Gasteiger partial charge is 0.192 e. The summed E-state index contributed by atoms with van der Waals surface area (Å²) in [6.07, 6.45) is 8.00. The van der Waals surface area contributed by atoms with Gasteiger partial charge in [0.1, 0.15) is 17.4 Å². The minimum atomic E-state index is 0. The molecule has 0 aromatic carbocycles. The van der Waals surface area contributed by atoms with E-state index in [9.17, 15) is 0 Å². The highest BCUT2D eigenvalue weighted by Gasteiger charge is 2.16. The van der Waals surface area contributed by atoms with Crippen molar-refractivity contribution >= 4 is 41.3 Å². The van der Waals surface area contributed by atoms with E-state index in [1.54, 1.807) is 11.3 Å². The van der Waals surface area contributed by atoms with Crippen LogP contribution >= 0.6 is 35.3 Å². The fourth-order valence-electron chi connectivity index (χ4n) is 2.91. The summed E-state index contributed by atoms with van der Waals surface area (Å²) in [5.74, 6) is 2.60. The van der Waals surface area contributed by atoms with E-state index >= 15 is 0 Å². The van der Waals surface area contributed by atoms with E-state index in [4.69, 9.17) is 4.99 Å². The van der Waals surface area contributed by atoms with Gasteiger partial charge in [-0.2, -0.15) is 0 Å². The monoisotopic (exact) mass is 489 g/mol. The normalized spacial score (nSPS) is 15.1. The van der Waals surface area contributed by atoms with Gasteiger partial charge in [-0.25, -0.2) is 9.98 Å². The summed E-state index contributed by atoms with van der Waals surface area (Å²) in [5, 5.41) is 16.4. The minimum Gasteiger partial charge on any atom is -0.354 e. The number of thiazole rings is 1. The predicted molar refractivity (Wildman–Crippen MR) is 116 cm³/mol. The molecule has 0 amide bonds. The van der Waals surface area contributed by atoms with Crippen LogP contribution in [0.5, 0.6) is 0 Å². The molecule has 0 radical (unpaired) electrons. The molecule has 1 aliphatic rings. The first-order valence-electron chi connectivity index (χ1n) is 8.99. The molecule has 0 aliphatic heterocycles. The Kier molecular flexibility index (Phi) is 8.26. The fraction of sp³-hybridized carbons (Fsp3) is 0.647. The first-order valence-corrected chi connectivity index (χ1v) is 9.80. The number of nitrogens with one attached hydrogen (secondary N) is 2. The molecule has 9 heteroatoms.